The number of rotatable bonds is 3. The van der Waals surface area contributed by atoms with Crippen LogP contribution in [0.4, 0.5) is 0 Å². The normalized spacial score (nSPS) is 11.6. The highest BCUT2D eigenvalue weighted by molar-refractivity contribution is 7.90. The lowest BCUT2D eigenvalue weighted by Gasteiger charge is -2.01. The first kappa shape index (κ1) is 10.7. The van der Waals surface area contributed by atoms with E-state index in [0.29, 0.717) is 11.4 Å². The van der Waals surface area contributed by atoms with Gasteiger partial charge in [0.1, 0.15) is 0 Å². The summed E-state index contributed by atoms with van der Waals surface area (Å²) in [5.74, 6) is 0. The molecule has 7 heteroatoms. The number of benzene rings is 1. The topological polar surface area (TPSA) is 77.7 Å². The fraction of sp³-hybridized carbons (Fsp3) is 0.222. The average molecular weight is 238 g/mol. The molecule has 16 heavy (non-hydrogen) atoms. The third-order valence-electron chi connectivity index (χ3n) is 2.07. The van der Waals surface area contributed by atoms with Gasteiger partial charge in [-0.1, -0.05) is 12.1 Å². The Labute approximate surface area is 92.8 Å². The zero-order valence-electron chi connectivity index (χ0n) is 8.61. The minimum atomic E-state index is -3.13. The molecule has 0 unspecified atom stereocenters. The van der Waals surface area contributed by atoms with Gasteiger partial charge in [0.2, 0.25) is 0 Å². The SMILES string of the molecule is CS(=O)(=O)c1ccc(Cn2ncnn2)cc1. The van der Waals surface area contributed by atoms with E-state index in [-0.39, 0.29) is 0 Å². The minimum absolute atomic E-state index is 0.308. The predicted molar refractivity (Wildman–Crippen MR) is 56.5 cm³/mol. The molecule has 0 amide bonds. The van der Waals surface area contributed by atoms with E-state index in [9.17, 15) is 8.42 Å². The first-order valence-electron chi connectivity index (χ1n) is 4.55. The van der Waals surface area contributed by atoms with Crippen LogP contribution < -0.4 is 0 Å². The first-order chi connectivity index (χ1) is 7.55. The Morgan fingerprint density at radius 1 is 1.25 bits per heavy atom. The number of aromatic nitrogens is 4. The van der Waals surface area contributed by atoms with Crippen LogP contribution in [0.2, 0.25) is 0 Å². The van der Waals surface area contributed by atoms with E-state index >= 15 is 0 Å². The molecule has 0 saturated carbocycles. The number of nitrogens with zero attached hydrogens (tertiary/aromatic N) is 4. The lowest BCUT2D eigenvalue weighted by molar-refractivity contribution is 0.572. The molecule has 0 saturated heterocycles. The molecule has 0 N–H and O–H groups in total. The summed E-state index contributed by atoms with van der Waals surface area (Å²) < 4.78 is 22.4. The van der Waals surface area contributed by atoms with Crippen LogP contribution in [-0.2, 0) is 16.4 Å². The van der Waals surface area contributed by atoms with Crippen LogP contribution in [0.15, 0.2) is 35.5 Å². The van der Waals surface area contributed by atoms with Crippen LogP contribution in [0, 0.1) is 0 Å². The molecule has 0 bridgehead atoms. The highest BCUT2D eigenvalue weighted by atomic mass is 32.2. The molecular weight excluding hydrogens is 228 g/mol. The summed E-state index contributed by atoms with van der Waals surface area (Å²) >= 11 is 0. The van der Waals surface area contributed by atoms with E-state index in [1.165, 1.54) is 17.4 Å². The second kappa shape index (κ2) is 4.01. The molecule has 0 aliphatic carbocycles. The van der Waals surface area contributed by atoms with Crippen molar-refractivity contribution in [3.05, 3.63) is 36.2 Å². The van der Waals surface area contributed by atoms with E-state index in [2.05, 4.69) is 15.4 Å². The maximum Gasteiger partial charge on any atom is 0.175 e. The number of sulfone groups is 1. The summed E-state index contributed by atoms with van der Waals surface area (Å²) in [6.07, 6.45) is 2.53. The Hall–Kier alpha value is -1.76. The van der Waals surface area contributed by atoms with Crippen LogP contribution in [0.3, 0.4) is 0 Å². The van der Waals surface area contributed by atoms with Crippen molar-refractivity contribution in [2.45, 2.75) is 11.4 Å². The quantitative estimate of drug-likeness (QED) is 0.759. The van der Waals surface area contributed by atoms with Crippen molar-refractivity contribution >= 4 is 9.84 Å². The van der Waals surface area contributed by atoms with Gasteiger partial charge in [0.15, 0.2) is 16.2 Å². The zero-order chi connectivity index (χ0) is 11.6. The van der Waals surface area contributed by atoms with Crippen LogP contribution in [0.1, 0.15) is 5.56 Å². The summed E-state index contributed by atoms with van der Waals surface area (Å²) in [4.78, 5) is 1.73. The summed E-state index contributed by atoms with van der Waals surface area (Å²) in [5, 5.41) is 11.2. The van der Waals surface area contributed by atoms with Gasteiger partial charge in [0.05, 0.1) is 11.4 Å². The molecule has 0 aliphatic rings. The van der Waals surface area contributed by atoms with Crippen molar-refractivity contribution in [3.8, 4) is 0 Å². The Balaban J connectivity index is 2.20. The Bertz CT molecular complexity index is 560. The van der Waals surface area contributed by atoms with Crippen LogP contribution in [0.25, 0.3) is 0 Å². The maximum atomic E-state index is 11.2. The standard InChI is InChI=1S/C9H10N4O2S/c1-16(14,15)9-4-2-8(3-5-9)6-13-11-7-10-12-13/h2-5,7H,6H2,1H3. The lowest BCUT2D eigenvalue weighted by atomic mass is 10.2. The highest BCUT2D eigenvalue weighted by Gasteiger charge is 2.06. The molecule has 1 heterocycles. The minimum Gasteiger partial charge on any atom is -0.224 e. The molecular formula is C9H10N4O2S. The molecule has 1 aromatic heterocycles. The third-order valence-corrected chi connectivity index (χ3v) is 3.20. The molecule has 2 rings (SSSR count). The van der Waals surface area contributed by atoms with Gasteiger partial charge < -0.3 is 0 Å². The molecule has 0 atom stereocenters. The molecule has 0 aliphatic heterocycles. The summed E-state index contributed by atoms with van der Waals surface area (Å²) in [5.41, 5.74) is 0.922. The van der Waals surface area contributed by atoms with E-state index in [0.717, 1.165) is 5.56 Å². The van der Waals surface area contributed by atoms with E-state index in [4.69, 9.17) is 0 Å². The van der Waals surface area contributed by atoms with Gasteiger partial charge in [-0.25, -0.2) is 8.42 Å². The lowest BCUT2D eigenvalue weighted by Crippen LogP contribution is -2.04. The van der Waals surface area contributed by atoms with Gasteiger partial charge in [-0.3, -0.25) is 0 Å². The van der Waals surface area contributed by atoms with Gasteiger partial charge in [-0.05, 0) is 22.9 Å². The average Bonchev–Trinajstić information content (AvgIpc) is 2.70. The van der Waals surface area contributed by atoms with Crippen molar-refractivity contribution in [2.75, 3.05) is 6.26 Å². The van der Waals surface area contributed by atoms with Crippen molar-refractivity contribution in [3.63, 3.8) is 0 Å². The van der Waals surface area contributed by atoms with Crippen molar-refractivity contribution in [2.24, 2.45) is 0 Å². The smallest absolute Gasteiger partial charge is 0.175 e. The fourth-order valence-electron chi connectivity index (χ4n) is 1.27. The van der Waals surface area contributed by atoms with Crippen molar-refractivity contribution in [1.82, 2.24) is 20.2 Å². The van der Waals surface area contributed by atoms with E-state index < -0.39 is 9.84 Å². The highest BCUT2D eigenvalue weighted by Crippen LogP contribution is 2.10. The van der Waals surface area contributed by atoms with Crippen LogP contribution in [0.5, 0.6) is 0 Å². The van der Waals surface area contributed by atoms with Gasteiger partial charge in [-0.2, -0.15) is 4.80 Å². The maximum absolute atomic E-state index is 11.2. The van der Waals surface area contributed by atoms with Gasteiger partial charge >= 0.3 is 0 Å². The molecule has 84 valence electrons. The van der Waals surface area contributed by atoms with E-state index in [1.54, 1.807) is 24.3 Å². The summed E-state index contributed by atoms with van der Waals surface area (Å²) in [7, 11) is -3.13. The second-order valence-corrected chi connectivity index (χ2v) is 5.40. The number of tetrazole rings is 1. The van der Waals surface area contributed by atoms with Crippen molar-refractivity contribution < 1.29 is 8.42 Å². The Morgan fingerprint density at radius 2 is 1.94 bits per heavy atom. The van der Waals surface area contributed by atoms with Crippen LogP contribution in [-0.4, -0.2) is 34.9 Å². The second-order valence-electron chi connectivity index (χ2n) is 3.38. The summed E-state index contributed by atoms with van der Waals surface area (Å²) in [6, 6.07) is 6.61. The third kappa shape index (κ3) is 2.43. The molecule has 0 radical (unpaired) electrons. The first-order valence-corrected chi connectivity index (χ1v) is 6.44. The molecule has 0 fully saturated rings. The molecule has 6 nitrogen and oxygen atoms in total. The fourth-order valence-corrected chi connectivity index (χ4v) is 1.90. The predicted octanol–water partition coefficient (Wildman–Crippen LogP) is 0.125. The van der Waals surface area contributed by atoms with Gasteiger partial charge in [0, 0.05) is 6.26 Å². The largest absolute Gasteiger partial charge is 0.224 e. The summed E-state index contributed by atoms with van der Waals surface area (Å²) in [6.45, 7) is 0.476. The Kier molecular flexibility index (Phi) is 2.69. The molecule has 1 aromatic carbocycles. The van der Waals surface area contributed by atoms with Gasteiger partial charge in [-0.15, -0.1) is 10.2 Å². The van der Waals surface area contributed by atoms with E-state index in [1.807, 2.05) is 0 Å². The Morgan fingerprint density at radius 3 is 2.44 bits per heavy atom. The van der Waals surface area contributed by atoms with Crippen molar-refractivity contribution in [1.29, 1.82) is 0 Å². The van der Waals surface area contributed by atoms with Crippen LogP contribution >= 0.6 is 0 Å². The van der Waals surface area contributed by atoms with Gasteiger partial charge in [0.25, 0.3) is 0 Å². The number of hydrogen-bond acceptors (Lipinski definition) is 5. The number of hydrogen-bond donors (Lipinski definition) is 0. The zero-order valence-corrected chi connectivity index (χ0v) is 9.42. The monoisotopic (exact) mass is 238 g/mol. The molecule has 2 aromatic rings. The molecule has 0 spiro atoms.